The standard InChI is InChI=1S/2H2O4S.Sr/c2*1-5(2,3)4;/h2*(H2,1,2,3,4);/q;;+2/p-2. The molecule has 11 heteroatoms. The molecule has 0 atom stereocenters. The molecule has 0 aliphatic heterocycles. The van der Waals surface area contributed by atoms with Crippen LogP contribution in [0.5, 0.6) is 0 Å². The van der Waals surface area contributed by atoms with Crippen molar-refractivity contribution >= 4 is 66.3 Å². The first kappa shape index (κ1) is 18.1. The fraction of sp³-hybridized carbons (Fsp3) is 0. The van der Waals surface area contributed by atoms with Gasteiger partial charge in [-0.3, -0.25) is 17.5 Å². The summed E-state index contributed by atoms with van der Waals surface area (Å²) < 4.78 is 65.7. The molecule has 0 fully saturated rings. The van der Waals surface area contributed by atoms with Crippen molar-refractivity contribution in [3.8, 4) is 0 Å². The summed E-state index contributed by atoms with van der Waals surface area (Å²) in [5.74, 6) is 0. The van der Waals surface area contributed by atoms with Crippen LogP contribution in [-0.2, 0) is 20.8 Å². The first-order valence-corrected chi connectivity index (χ1v) is 4.10. The summed E-state index contributed by atoms with van der Waals surface area (Å²) in [7, 11) is -9.83. The van der Waals surface area contributed by atoms with Crippen LogP contribution in [0.15, 0.2) is 0 Å². The van der Waals surface area contributed by atoms with E-state index in [0.29, 0.717) is 0 Å². The molecule has 0 aromatic heterocycles. The molecule has 0 aliphatic rings. The van der Waals surface area contributed by atoms with Gasteiger partial charge in [-0.05, 0) is 0 Å². The molecule has 0 saturated carbocycles. The summed E-state index contributed by atoms with van der Waals surface area (Å²) in [5, 5.41) is 0. The summed E-state index contributed by atoms with van der Waals surface area (Å²) in [5.41, 5.74) is 0. The second-order valence-corrected chi connectivity index (χ2v) is 2.57. The minimum Gasteiger partial charge on any atom is -0.759 e. The van der Waals surface area contributed by atoms with Crippen molar-refractivity contribution in [3.05, 3.63) is 0 Å². The number of hydrogen-bond donors (Lipinski definition) is 2. The molecule has 8 nitrogen and oxygen atoms in total. The average Bonchev–Trinajstić information content (AvgIpc) is 1.12. The van der Waals surface area contributed by atoms with Gasteiger partial charge in [-0.2, -0.15) is 8.42 Å². The quantitative estimate of drug-likeness (QED) is 0.283. The molecule has 0 rings (SSSR count). The Morgan fingerprint density at radius 2 is 0.909 bits per heavy atom. The minimum absolute atomic E-state index is 0. The Bertz CT molecular complexity index is 208. The van der Waals surface area contributed by atoms with Crippen molar-refractivity contribution in [1.29, 1.82) is 0 Å². The maximum absolute atomic E-state index is 8.74. The van der Waals surface area contributed by atoms with Crippen LogP contribution in [0.1, 0.15) is 0 Å². The summed E-state index contributed by atoms with van der Waals surface area (Å²) >= 11 is 0. The molecule has 2 N–H and O–H groups in total. The predicted molar refractivity (Wildman–Crippen MR) is 30.4 cm³/mol. The average molecular weight is 282 g/mol. The van der Waals surface area contributed by atoms with E-state index in [-0.39, 0.29) is 45.5 Å². The van der Waals surface area contributed by atoms with Crippen LogP contribution < -0.4 is 0 Å². The molecule has 0 heterocycles. The number of rotatable bonds is 0. The monoisotopic (exact) mass is 282 g/mol. The third-order valence-electron chi connectivity index (χ3n) is 0. The van der Waals surface area contributed by atoms with Gasteiger partial charge in [-0.25, -0.2) is 0 Å². The minimum atomic E-state index is -5.17. The molecule has 0 aromatic rings. The predicted octanol–water partition coefficient (Wildman–Crippen LogP) is -2.37. The normalized spacial score (nSPS) is 10.5. The van der Waals surface area contributed by atoms with Crippen LogP contribution in [0, 0.1) is 0 Å². The molecule has 64 valence electrons. The summed E-state index contributed by atoms with van der Waals surface area (Å²) in [6.07, 6.45) is 0. The third kappa shape index (κ3) is 640. The van der Waals surface area contributed by atoms with E-state index in [1.165, 1.54) is 0 Å². The summed E-state index contributed by atoms with van der Waals surface area (Å²) in [6.45, 7) is 0. The fourth-order valence-corrected chi connectivity index (χ4v) is 0. The van der Waals surface area contributed by atoms with Crippen molar-refractivity contribution < 1.29 is 35.0 Å². The maximum Gasteiger partial charge on any atom is 2.00 e. The topological polar surface area (TPSA) is 155 Å². The molecule has 0 amide bonds. The van der Waals surface area contributed by atoms with Gasteiger partial charge in [0.25, 0.3) is 0 Å². The third-order valence-corrected chi connectivity index (χ3v) is 0. The first-order valence-electron chi connectivity index (χ1n) is 1.37. The summed E-state index contributed by atoms with van der Waals surface area (Å²) in [4.78, 5) is 0. The zero-order chi connectivity index (χ0) is 9.00. The zero-order valence-electron chi connectivity index (χ0n) is 4.87. The Labute approximate surface area is 100 Å². The SMILES string of the molecule is O=S(=O)(O)O.O=S(=O)([O-])[O-].[Sr+2]. The van der Waals surface area contributed by atoms with Gasteiger partial charge in [-0.15, -0.1) is 0 Å². The van der Waals surface area contributed by atoms with E-state index in [4.69, 9.17) is 35.0 Å². The van der Waals surface area contributed by atoms with E-state index in [9.17, 15) is 0 Å². The maximum atomic E-state index is 8.74. The second-order valence-electron chi connectivity index (χ2n) is 0.856. The molecule has 0 bridgehead atoms. The van der Waals surface area contributed by atoms with Crippen molar-refractivity contribution in [2.75, 3.05) is 0 Å². The Morgan fingerprint density at radius 3 is 0.909 bits per heavy atom. The Hall–Kier alpha value is 1.22. The Kier molecular flexibility index (Phi) is 11.0. The van der Waals surface area contributed by atoms with Crippen LogP contribution in [0.4, 0.5) is 0 Å². The van der Waals surface area contributed by atoms with E-state index in [2.05, 4.69) is 0 Å². The van der Waals surface area contributed by atoms with E-state index in [1.807, 2.05) is 0 Å². The summed E-state index contributed by atoms with van der Waals surface area (Å²) in [6, 6.07) is 0. The molecule has 0 radical (unpaired) electrons. The molecule has 0 aromatic carbocycles. The van der Waals surface area contributed by atoms with Crippen LogP contribution in [0.2, 0.25) is 0 Å². The Morgan fingerprint density at radius 1 is 0.909 bits per heavy atom. The van der Waals surface area contributed by atoms with Crippen molar-refractivity contribution in [3.63, 3.8) is 0 Å². The molecule has 11 heavy (non-hydrogen) atoms. The van der Waals surface area contributed by atoms with Gasteiger partial charge in [-0.1, -0.05) is 0 Å². The van der Waals surface area contributed by atoms with Gasteiger partial charge in [0.1, 0.15) is 0 Å². The molecule has 0 aliphatic carbocycles. The van der Waals surface area contributed by atoms with Gasteiger partial charge in [0.2, 0.25) is 0 Å². The Balaban J connectivity index is -0.000000107. The molecular weight excluding hydrogens is 280 g/mol. The van der Waals surface area contributed by atoms with Crippen molar-refractivity contribution in [2.24, 2.45) is 0 Å². The molecule has 0 unspecified atom stereocenters. The zero-order valence-corrected chi connectivity index (χ0v) is 9.98. The van der Waals surface area contributed by atoms with E-state index in [0.717, 1.165) is 0 Å². The smallest absolute Gasteiger partial charge is 0.759 e. The van der Waals surface area contributed by atoms with E-state index < -0.39 is 20.8 Å². The van der Waals surface area contributed by atoms with Gasteiger partial charge >= 0.3 is 55.9 Å². The van der Waals surface area contributed by atoms with Crippen LogP contribution >= 0.6 is 0 Å². The van der Waals surface area contributed by atoms with Gasteiger partial charge in [0.15, 0.2) is 0 Å². The van der Waals surface area contributed by atoms with Crippen LogP contribution in [0.25, 0.3) is 0 Å². The van der Waals surface area contributed by atoms with Crippen molar-refractivity contribution in [2.45, 2.75) is 0 Å². The van der Waals surface area contributed by atoms with Gasteiger partial charge in [0, 0.05) is 10.4 Å². The van der Waals surface area contributed by atoms with Crippen molar-refractivity contribution in [1.82, 2.24) is 0 Å². The fourth-order valence-electron chi connectivity index (χ4n) is 0. The molecule has 0 spiro atoms. The molecular formula is H2O8S2Sr. The van der Waals surface area contributed by atoms with E-state index >= 15 is 0 Å². The van der Waals surface area contributed by atoms with Gasteiger partial charge in [0.05, 0.1) is 0 Å². The van der Waals surface area contributed by atoms with Crippen LogP contribution in [0.3, 0.4) is 0 Å². The number of hydrogen-bond acceptors (Lipinski definition) is 6. The largest absolute Gasteiger partial charge is 2.00 e. The van der Waals surface area contributed by atoms with E-state index in [1.54, 1.807) is 0 Å². The first-order chi connectivity index (χ1) is 4.00. The van der Waals surface area contributed by atoms with Crippen LogP contribution in [-0.4, -0.2) is 80.5 Å². The molecule has 0 saturated heterocycles. The second kappa shape index (κ2) is 6.71. The van der Waals surface area contributed by atoms with Gasteiger partial charge < -0.3 is 9.11 Å².